The Bertz CT molecular complexity index is 477. The summed E-state index contributed by atoms with van der Waals surface area (Å²) in [4.78, 5) is 8.05. The van der Waals surface area contributed by atoms with Crippen LogP contribution in [-0.2, 0) is 13.6 Å². The molecule has 2 rings (SSSR count). The van der Waals surface area contributed by atoms with Gasteiger partial charge in [0.05, 0.1) is 5.69 Å². The highest BCUT2D eigenvalue weighted by molar-refractivity contribution is 5.04. The molecule has 0 aliphatic carbocycles. The Morgan fingerprint density at radius 3 is 3.00 bits per heavy atom. The molecule has 0 aromatic carbocycles. The average molecular weight is 237 g/mol. The van der Waals surface area contributed by atoms with Crippen molar-refractivity contribution < 1.29 is 9.15 Å². The zero-order valence-electron chi connectivity index (χ0n) is 10.0. The first-order chi connectivity index (χ1) is 8.13. The largest absolute Gasteiger partial charge is 0.417 e. The van der Waals surface area contributed by atoms with Gasteiger partial charge in [0.2, 0.25) is 0 Å². The van der Waals surface area contributed by atoms with Gasteiger partial charge in [-0.1, -0.05) is 13.8 Å². The quantitative estimate of drug-likeness (QED) is 0.838. The molecule has 0 fully saturated rings. The van der Waals surface area contributed by atoms with Crippen molar-refractivity contribution in [3.05, 3.63) is 18.3 Å². The van der Waals surface area contributed by atoms with E-state index >= 15 is 0 Å². The first kappa shape index (κ1) is 11.6. The molecule has 0 unspecified atom stereocenters. The molecule has 0 bridgehead atoms. The number of nitrogens with zero attached hydrogens (tertiary/aromatic N) is 4. The molecule has 7 heteroatoms. The van der Waals surface area contributed by atoms with Crippen LogP contribution in [0.3, 0.4) is 0 Å². The van der Waals surface area contributed by atoms with Crippen LogP contribution in [0.2, 0.25) is 0 Å². The van der Waals surface area contributed by atoms with E-state index in [1.165, 1.54) is 0 Å². The Balaban J connectivity index is 1.94. The molecule has 2 aromatic heterocycles. The molecule has 92 valence electrons. The minimum absolute atomic E-state index is 0.150. The lowest BCUT2D eigenvalue weighted by Crippen LogP contribution is -2.21. The van der Waals surface area contributed by atoms with Gasteiger partial charge in [-0.05, 0) is 0 Å². The molecule has 17 heavy (non-hydrogen) atoms. The lowest BCUT2D eigenvalue weighted by Gasteiger charge is -2.03. The van der Waals surface area contributed by atoms with E-state index in [9.17, 15) is 0 Å². The van der Waals surface area contributed by atoms with E-state index in [-0.39, 0.29) is 12.1 Å². The van der Waals surface area contributed by atoms with Gasteiger partial charge < -0.3 is 14.5 Å². The summed E-state index contributed by atoms with van der Waals surface area (Å²) < 4.78 is 11.9. The number of rotatable bonds is 5. The lowest BCUT2D eigenvalue weighted by molar-refractivity contribution is 0.311. The highest BCUT2D eigenvalue weighted by Gasteiger charge is 2.09. The monoisotopic (exact) mass is 237 g/mol. The zero-order valence-corrected chi connectivity index (χ0v) is 10.0. The molecule has 0 radical (unpaired) electrons. The van der Waals surface area contributed by atoms with Crippen molar-refractivity contribution in [2.75, 3.05) is 0 Å². The Morgan fingerprint density at radius 1 is 1.53 bits per heavy atom. The van der Waals surface area contributed by atoms with E-state index in [4.69, 9.17) is 9.15 Å². The summed E-state index contributed by atoms with van der Waals surface area (Å²) in [5.41, 5.74) is 0.782. The van der Waals surface area contributed by atoms with Crippen LogP contribution in [0.5, 0.6) is 12.1 Å². The minimum Gasteiger partial charge on any atom is -0.417 e. The molecule has 2 heterocycles. The number of ether oxygens (including phenoxy) is 1. The van der Waals surface area contributed by atoms with Gasteiger partial charge in [0.1, 0.15) is 12.6 Å². The topological polar surface area (TPSA) is 78.0 Å². The first-order valence-electron chi connectivity index (χ1n) is 5.35. The van der Waals surface area contributed by atoms with Gasteiger partial charge in [0.15, 0.2) is 0 Å². The smallest absolute Gasteiger partial charge is 0.401 e. The second-order valence-corrected chi connectivity index (χ2v) is 3.94. The molecular weight excluding hydrogens is 222 g/mol. The van der Waals surface area contributed by atoms with Crippen molar-refractivity contribution in [2.45, 2.75) is 26.4 Å². The van der Waals surface area contributed by atoms with Crippen LogP contribution < -0.4 is 10.1 Å². The van der Waals surface area contributed by atoms with Gasteiger partial charge >= 0.3 is 12.1 Å². The average Bonchev–Trinajstić information content (AvgIpc) is 2.86. The maximum absolute atomic E-state index is 5.24. The van der Waals surface area contributed by atoms with E-state index < -0.39 is 0 Å². The Morgan fingerprint density at radius 2 is 2.35 bits per heavy atom. The van der Waals surface area contributed by atoms with Gasteiger partial charge in [-0.3, -0.25) is 4.68 Å². The number of hydrogen-bond donors (Lipinski definition) is 1. The highest BCUT2D eigenvalue weighted by Crippen LogP contribution is 2.16. The van der Waals surface area contributed by atoms with E-state index in [2.05, 4.69) is 34.2 Å². The van der Waals surface area contributed by atoms with Crippen molar-refractivity contribution >= 4 is 0 Å². The van der Waals surface area contributed by atoms with Crippen molar-refractivity contribution in [1.29, 1.82) is 0 Å². The Kier molecular flexibility index (Phi) is 3.38. The molecule has 0 aliphatic rings. The van der Waals surface area contributed by atoms with E-state index in [1.807, 2.05) is 0 Å². The van der Waals surface area contributed by atoms with Crippen LogP contribution in [0.15, 0.2) is 17.0 Å². The fourth-order valence-corrected chi connectivity index (χ4v) is 1.17. The summed E-state index contributed by atoms with van der Waals surface area (Å²) >= 11 is 0. The van der Waals surface area contributed by atoms with Crippen LogP contribution in [0.1, 0.15) is 19.5 Å². The lowest BCUT2D eigenvalue weighted by atomic mass is 10.4. The van der Waals surface area contributed by atoms with Crippen molar-refractivity contribution in [1.82, 2.24) is 25.1 Å². The normalized spacial score (nSPS) is 11.1. The number of aryl methyl sites for hydroxylation is 1. The number of nitrogens with one attached hydrogen (secondary N) is 1. The summed E-state index contributed by atoms with van der Waals surface area (Å²) in [7, 11) is 1.76. The third-order valence-electron chi connectivity index (χ3n) is 1.98. The van der Waals surface area contributed by atoms with Crippen LogP contribution >= 0.6 is 0 Å². The zero-order chi connectivity index (χ0) is 12.3. The van der Waals surface area contributed by atoms with Gasteiger partial charge in [-0.25, -0.2) is 0 Å². The molecule has 1 N–H and O–H groups in total. The van der Waals surface area contributed by atoms with Crippen molar-refractivity contribution in [2.24, 2.45) is 7.05 Å². The maximum Gasteiger partial charge on any atom is 0.401 e. The molecule has 0 amide bonds. The molecule has 0 saturated heterocycles. The van der Waals surface area contributed by atoms with Crippen LogP contribution in [-0.4, -0.2) is 25.8 Å². The second-order valence-electron chi connectivity index (χ2n) is 3.94. The maximum atomic E-state index is 5.24. The van der Waals surface area contributed by atoms with E-state index in [0.29, 0.717) is 12.6 Å². The minimum atomic E-state index is 0.150. The van der Waals surface area contributed by atoms with Gasteiger partial charge in [0.25, 0.3) is 0 Å². The van der Waals surface area contributed by atoms with Gasteiger partial charge in [-0.15, -0.1) is 5.10 Å². The second kappa shape index (κ2) is 4.96. The molecule has 0 atom stereocenters. The number of aromatic nitrogens is 4. The summed E-state index contributed by atoms with van der Waals surface area (Å²) in [5.74, 6) is 0. The molecule has 0 saturated carbocycles. The molecule has 0 spiro atoms. The fourth-order valence-electron chi connectivity index (χ4n) is 1.17. The first-order valence-corrected chi connectivity index (χ1v) is 5.35. The predicted molar refractivity (Wildman–Crippen MR) is 59.6 cm³/mol. The molecule has 2 aromatic rings. The van der Waals surface area contributed by atoms with Crippen LogP contribution in [0.25, 0.3) is 0 Å². The fraction of sp³-hybridized carbons (Fsp3) is 0.500. The van der Waals surface area contributed by atoms with Gasteiger partial charge in [-0.2, -0.15) is 9.97 Å². The Hall–Kier alpha value is -1.89. The molecular formula is C10H15N5O2. The van der Waals surface area contributed by atoms with E-state index in [1.54, 1.807) is 24.3 Å². The summed E-state index contributed by atoms with van der Waals surface area (Å²) in [5, 5.41) is 7.19. The Labute approximate surface area is 98.8 Å². The summed E-state index contributed by atoms with van der Waals surface area (Å²) in [6.07, 6.45) is 3.24. The summed E-state index contributed by atoms with van der Waals surface area (Å²) in [6.45, 7) is 4.77. The number of oxazole rings is 1. The standard InChI is InChI=1S/C10H15N5O2/c1-7(2)11-4-8-5-16-10(13-8)17-9-12-6-15(3)14-9/h5-7,11H,4H2,1-3H3. The third-order valence-corrected chi connectivity index (χ3v) is 1.98. The van der Waals surface area contributed by atoms with Gasteiger partial charge in [0, 0.05) is 19.6 Å². The predicted octanol–water partition coefficient (Wildman–Crippen LogP) is 1.09. The highest BCUT2D eigenvalue weighted by atomic mass is 16.6. The third kappa shape index (κ3) is 3.28. The molecule has 7 nitrogen and oxygen atoms in total. The SMILES string of the molecule is CC(C)NCc1coc(Oc2ncn(C)n2)n1. The van der Waals surface area contributed by atoms with E-state index in [0.717, 1.165) is 5.69 Å². The van der Waals surface area contributed by atoms with Crippen molar-refractivity contribution in [3.63, 3.8) is 0 Å². The summed E-state index contributed by atoms with van der Waals surface area (Å²) in [6, 6.07) is 0.617. The molecule has 0 aliphatic heterocycles. The van der Waals surface area contributed by atoms with Crippen molar-refractivity contribution in [3.8, 4) is 12.1 Å². The van der Waals surface area contributed by atoms with Crippen LogP contribution in [0.4, 0.5) is 0 Å². The number of hydrogen-bond acceptors (Lipinski definition) is 6. The van der Waals surface area contributed by atoms with Crippen LogP contribution in [0, 0.1) is 0 Å².